The van der Waals surface area contributed by atoms with Crippen LogP contribution in [0.4, 0.5) is 17.3 Å². The van der Waals surface area contributed by atoms with Gasteiger partial charge in [0.15, 0.2) is 0 Å². The Labute approximate surface area is 213 Å². The quantitative estimate of drug-likeness (QED) is 0.254. The van der Waals surface area contributed by atoms with E-state index in [0.29, 0.717) is 34.6 Å². The van der Waals surface area contributed by atoms with Gasteiger partial charge in [-0.2, -0.15) is 0 Å². The number of rotatable bonds is 9. The molecule has 2 amide bonds. The summed E-state index contributed by atoms with van der Waals surface area (Å²) in [5.74, 6) is -0.306. The molecule has 4 rings (SSSR count). The number of H-pyrrole nitrogens is 1. The van der Waals surface area contributed by atoms with Crippen LogP contribution in [0.25, 0.3) is 22.2 Å². The third-order valence-corrected chi connectivity index (χ3v) is 5.43. The summed E-state index contributed by atoms with van der Waals surface area (Å²) >= 11 is 6.42. The highest BCUT2D eigenvalue weighted by atomic mass is 35.5. The van der Waals surface area contributed by atoms with Crippen molar-refractivity contribution < 1.29 is 9.59 Å². The van der Waals surface area contributed by atoms with Crippen LogP contribution in [0, 0.1) is 0 Å². The van der Waals surface area contributed by atoms with Crippen molar-refractivity contribution in [3.05, 3.63) is 78.1 Å². The van der Waals surface area contributed by atoms with Crippen LogP contribution in [-0.2, 0) is 9.59 Å². The molecular weight excluding hydrogens is 478 g/mol. The Morgan fingerprint density at radius 3 is 2.75 bits per heavy atom. The molecule has 0 bridgehead atoms. The standard InChI is InChI=1S/C26H26ClN7O2/c1-34(2)12-6-11-23(35)29-16-24(36)31-17-7-5-8-18(13-17)32-26-30-15-21(27)25(33-26)20-14-28-22-10-4-3-9-19(20)22/h3-11,13-15,28H,12,16H2,1-2H3,(H,29,35)(H,31,36)(H,30,32,33). The normalized spacial score (nSPS) is 11.2. The summed E-state index contributed by atoms with van der Waals surface area (Å²) in [5.41, 5.74) is 3.71. The number of nitrogens with zero attached hydrogens (tertiary/aromatic N) is 3. The van der Waals surface area contributed by atoms with E-state index in [4.69, 9.17) is 11.6 Å². The SMILES string of the molecule is CN(C)CC=CC(=O)NCC(=O)Nc1cccc(Nc2ncc(Cl)c(-c3c[nH]c4ccccc34)n2)c1. The van der Waals surface area contributed by atoms with Crippen molar-refractivity contribution in [2.75, 3.05) is 37.8 Å². The molecule has 184 valence electrons. The van der Waals surface area contributed by atoms with Crippen LogP contribution in [-0.4, -0.2) is 58.9 Å². The molecule has 0 aliphatic rings. The van der Waals surface area contributed by atoms with Crippen molar-refractivity contribution in [2.24, 2.45) is 0 Å². The first kappa shape index (κ1) is 24.9. The Bertz CT molecular complexity index is 1410. The highest BCUT2D eigenvalue weighted by molar-refractivity contribution is 6.33. The van der Waals surface area contributed by atoms with E-state index < -0.39 is 0 Å². The Morgan fingerprint density at radius 2 is 1.92 bits per heavy atom. The van der Waals surface area contributed by atoms with Gasteiger partial charge in [-0.3, -0.25) is 9.59 Å². The molecule has 2 aromatic heterocycles. The summed E-state index contributed by atoms with van der Waals surface area (Å²) in [7, 11) is 3.81. The predicted molar refractivity (Wildman–Crippen MR) is 143 cm³/mol. The first-order chi connectivity index (χ1) is 17.4. The van der Waals surface area contributed by atoms with Gasteiger partial charge in [0.25, 0.3) is 0 Å². The smallest absolute Gasteiger partial charge is 0.244 e. The van der Waals surface area contributed by atoms with E-state index in [0.717, 1.165) is 16.5 Å². The molecule has 0 fully saturated rings. The second-order valence-electron chi connectivity index (χ2n) is 8.27. The molecule has 9 nitrogen and oxygen atoms in total. The van der Waals surface area contributed by atoms with E-state index in [-0.39, 0.29) is 18.4 Å². The Morgan fingerprint density at radius 1 is 1.11 bits per heavy atom. The number of amides is 2. The largest absolute Gasteiger partial charge is 0.360 e. The second kappa shape index (κ2) is 11.5. The summed E-state index contributed by atoms with van der Waals surface area (Å²) in [6.07, 6.45) is 6.56. The molecule has 2 heterocycles. The summed E-state index contributed by atoms with van der Waals surface area (Å²) in [5, 5.41) is 9.93. The summed E-state index contributed by atoms with van der Waals surface area (Å²) in [6, 6.07) is 15.0. The maximum Gasteiger partial charge on any atom is 0.244 e. The van der Waals surface area contributed by atoms with Crippen LogP contribution in [0.1, 0.15) is 0 Å². The molecule has 2 aromatic carbocycles. The lowest BCUT2D eigenvalue weighted by Gasteiger charge is -2.10. The molecule has 0 atom stereocenters. The fraction of sp³-hybridized carbons (Fsp3) is 0.154. The minimum atomic E-state index is -0.342. The molecular formula is C26H26ClN7O2. The van der Waals surface area contributed by atoms with Gasteiger partial charge in [-0.05, 0) is 38.4 Å². The number of likely N-dealkylation sites (N-methyl/N-ethyl adjacent to an activating group) is 1. The maximum atomic E-state index is 12.3. The Balaban J connectivity index is 1.41. The number of halogens is 1. The zero-order valence-corrected chi connectivity index (χ0v) is 20.6. The predicted octanol–water partition coefficient (Wildman–Crippen LogP) is 4.19. The lowest BCUT2D eigenvalue weighted by Crippen LogP contribution is -2.31. The van der Waals surface area contributed by atoms with Crippen LogP contribution in [0.3, 0.4) is 0 Å². The van der Waals surface area contributed by atoms with Crippen LogP contribution in [0.2, 0.25) is 5.02 Å². The number of anilines is 3. The van der Waals surface area contributed by atoms with Crippen LogP contribution in [0.5, 0.6) is 0 Å². The van der Waals surface area contributed by atoms with E-state index >= 15 is 0 Å². The van der Waals surface area contributed by atoms with Crippen molar-refractivity contribution in [3.8, 4) is 11.3 Å². The van der Waals surface area contributed by atoms with E-state index in [1.165, 1.54) is 6.08 Å². The molecule has 0 unspecified atom stereocenters. The van der Waals surface area contributed by atoms with E-state index in [1.54, 1.807) is 30.5 Å². The minimum Gasteiger partial charge on any atom is -0.360 e. The zero-order chi connectivity index (χ0) is 25.5. The third kappa shape index (κ3) is 6.47. The molecule has 0 aliphatic heterocycles. The number of aromatic amines is 1. The minimum absolute atomic E-state index is 0.142. The zero-order valence-electron chi connectivity index (χ0n) is 19.9. The van der Waals surface area contributed by atoms with Crippen LogP contribution < -0.4 is 16.0 Å². The van der Waals surface area contributed by atoms with Gasteiger partial charge in [0.1, 0.15) is 0 Å². The summed E-state index contributed by atoms with van der Waals surface area (Å²) < 4.78 is 0. The fourth-order valence-electron chi connectivity index (χ4n) is 3.49. The Hall–Kier alpha value is -4.21. The van der Waals surface area contributed by atoms with Gasteiger partial charge in [0.2, 0.25) is 17.8 Å². The van der Waals surface area contributed by atoms with Crippen molar-refractivity contribution in [3.63, 3.8) is 0 Å². The van der Waals surface area contributed by atoms with Crippen LogP contribution >= 0.6 is 11.6 Å². The topological polar surface area (TPSA) is 115 Å². The monoisotopic (exact) mass is 503 g/mol. The van der Waals surface area contributed by atoms with Gasteiger partial charge >= 0.3 is 0 Å². The lowest BCUT2D eigenvalue weighted by atomic mass is 10.1. The summed E-state index contributed by atoms with van der Waals surface area (Å²) in [6.45, 7) is 0.497. The van der Waals surface area contributed by atoms with Gasteiger partial charge in [-0.1, -0.05) is 41.9 Å². The number of hydrogen-bond donors (Lipinski definition) is 4. The molecule has 0 saturated heterocycles. The van der Waals surface area contributed by atoms with Crippen molar-refractivity contribution in [2.45, 2.75) is 0 Å². The van der Waals surface area contributed by atoms with E-state index in [9.17, 15) is 9.59 Å². The van der Waals surface area contributed by atoms with Gasteiger partial charge in [-0.15, -0.1) is 0 Å². The number of benzene rings is 2. The lowest BCUT2D eigenvalue weighted by molar-refractivity contribution is -0.121. The fourth-order valence-corrected chi connectivity index (χ4v) is 3.68. The summed E-state index contributed by atoms with van der Waals surface area (Å²) in [4.78, 5) is 38.1. The maximum absolute atomic E-state index is 12.3. The van der Waals surface area contributed by atoms with Gasteiger partial charge < -0.3 is 25.8 Å². The molecule has 4 aromatic rings. The average Bonchev–Trinajstić information content (AvgIpc) is 3.28. The van der Waals surface area contributed by atoms with Gasteiger partial charge in [-0.25, -0.2) is 9.97 Å². The molecule has 36 heavy (non-hydrogen) atoms. The molecule has 4 N–H and O–H groups in total. The van der Waals surface area contributed by atoms with E-state index in [2.05, 4.69) is 30.9 Å². The molecule has 0 radical (unpaired) electrons. The number of nitrogens with one attached hydrogen (secondary N) is 4. The molecule has 10 heteroatoms. The Kier molecular flexibility index (Phi) is 7.94. The van der Waals surface area contributed by atoms with Crippen molar-refractivity contribution in [1.82, 2.24) is 25.2 Å². The second-order valence-corrected chi connectivity index (χ2v) is 8.68. The first-order valence-electron chi connectivity index (χ1n) is 11.2. The van der Waals surface area contributed by atoms with Crippen molar-refractivity contribution >= 4 is 51.6 Å². The van der Waals surface area contributed by atoms with Crippen molar-refractivity contribution in [1.29, 1.82) is 0 Å². The van der Waals surface area contributed by atoms with Crippen LogP contribution in [0.15, 0.2) is 73.1 Å². The number of hydrogen-bond acceptors (Lipinski definition) is 6. The average molecular weight is 504 g/mol. The number of para-hydroxylation sites is 1. The first-order valence-corrected chi connectivity index (χ1v) is 11.6. The van der Waals surface area contributed by atoms with Gasteiger partial charge in [0, 0.05) is 46.7 Å². The number of fused-ring (bicyclic) bond motifs is 1. The number of carbonyl (C=O) groups excluding carboxylic acids is 2. The third-order valence-electron chi connectivity index (χ3n) is 5.15. The number of carbonyl (C=O) groups is 2. The van der Waals surface area contributed by atoms with Gasteiger partial charge in [0.05, 0.1) is 23.5 Å². The van der Waals surface area contributed by atoms with E-state index in [1.807, 2.05) is 55.5 Å². The molecule has 0 saturated carbocycles. The highest BCUT2D eigenvalue weighted by Gasteiger charge is 2.13. The highest BCUT2D eigenvalue weighted by Crippen LogP contribution is 2.32. The molecule has 0 aliphatic carbocycles. The molecule has 0 spiro atoms. The number of aromatic nitrogens is 3.